The monoisotopic (exact) mass is 160 g/mol. The van der Waals surface area contributed by atoms with E-state index in [1.165, 1.54) is 13.0 Å². The predicted molar refractivity (Wildman–Crippen MR) is 40.7 cm³/mol. The molecular formula is C8H13FO2. The van der Waals surface area contributed by atoms with E-state index in [4.69, 9.17) is 0 Å². The van der Waals surface area contributed by atoms with Crippen molar-refractivity contribution in [3.63, 3.8) is 0 Å². The highest BCUT2D eigenvalue weighted by molar-refractivity contribution is 5.74. The normalized spacial score (nSPS) is 14.4. The van der Waals surface area contributed by atoms with Gasteiger partial charge in [0.05, 0.1) is 6.61 Å². The summed E-state index contributed by atoms with van der Waals surface area (Å²) in [5.74, 6) is -1.72. The Hall–Kier alpha value is -0.860. The number of halogens is 1. The highest BCUT2D eigenvalue weighted by atomic mass is 19.1. The van der Waals surface area contributed by atoms with Gasteiger partial charge in [-0.05, 0) is 20.8 Å². The number of hydrogen-bond donors (Lipinski definition) is 0. The van der Waals surface area contributed by atoms with Gasteiger partial charge >= 0.3 is 5.97 Å². The third-order valence-corrected chi connectivity index (χ3v) is 1.33. The number of allylic oxidation sites excluding steroid dienone is 1. The minimum absolute atomic E-state index is 0.292. The first-order valence-electron chi connectivity index (χ1n) is 3.61. The fraction of sp³-hybridized carbons (Fsp3) is 0.625. The van der Waals surface area contributed by atoms with Crippen LogP contribution < -0.4 is 0 Å². The van der Waals surface area contributed by atoms with Crippen LogP contribution in [0.5, 0.6) is 0 Å². The van der Waals surface area contributed by atoms with Crippen molar-refractivity contribution in [2.45, 2.75) is 20.8 Å². The average molecular weight is 160 g/mol. The summed E-state index contributed by atoms with van der Waals surface area (Å²) in [5, 5.41) is 0. The van der Waals surface area contributed by atoms with E-state index in [-0.39, 0.29) is 0 Å². The lowest BCUT2D eigenvalue weighted by atomic mass is 10.1. The van der Waals surface area contributed by atoms with E-state index in [1.54, 1.807) is 13.8 Å². The Balaban J connectivity index is 4.02. The van der Waals surface area contributed by atoms with Crippen LogP contribution in [0.25, 0.3) is 0 Å². The van der Waals surface area contributed by atoms with Gasteiger partial charge in [-0.3, -0.25) is 4.79 Å². The summed E-state index contributed by atoms with van der Waals surface area (Å²) in [7, 11) is 0. The van der Waals surface area contributed by atoms with E-state index in [9.17, 15) is 9.18 Å². The maximum atomic E-state index is 12.7. The number of ether oxygens (including phenoxy) is 1. The molecule has 0 aromatic carbocycles. The quantitative estimate of drug-likeness (QED) is 0.591. The van der Waals surface area contributed by atoms with Gasteiger partial charge in [0.25, 0.3) is 0 Å². The van der Waals surface area contributed by atoms with E-state index in [1.807, 2.05) is 0 Å². The Bertz CT molecular complexity index is 163. The summed E-state index contributed by atoms with van der Waals surface area (Å²) in [6.45, 7) is 5.01. The molecule has 0 saturated heterocycles. The van der Waals surface area contributed by atoms with Crippen LogP contribution in [0, 0.1) is 5.92 Å². The molecule has 0 aromatic heterocycles. The van der Waals surface area contributed by atoms with Gasteiger partial charge in [0, 0.05) is 0 Å². The Morgan fingerprint density at radius 3 is 2.64 bits per heavy atom. The van der Waals surface area contributed by atoms with Crippen molar-refractivity contribution in [1.82, 2.24) is 0 Å². The van der Waals surface area contributed by atoms with E-state index in [0.29, 0.717) is 6.61 Å². The fourth-order valence-corrected chi connectivity index (χ4v) is 0.630. The summed E-state index contributed by atoms with van der Waals surface area (Å²) in [6, 6.07) is 0. The highest BCUT2D eigenvalue weighted by Crippen LogP contribution is 2.12. The molecule has 64 valence electrons. The second-order valence-electron chi connectivity index (χ2n) is 2.15. The lowest BCUT2D eigenvalue weighted by Crippen LogP contribution is -2.14. The fourth-order valence-electron chi connectivity index (χ4n) is 0.630. The van der Waals surface area contributed by atoms with Gasteiger partial charge in [-0.1, -0.05) is 6.08 Å². The Kier molecular flexibility index (Phi) is 4.50. The van der Waals surface area contributed by atoms with Gasteiger partial charge in [-0.2, -0.15) is 0 Å². The maximum absolute atomic E-state index is 12.7. The van der Waals surface area contributed by atoms with Crippen molar-refractivity contribution in [3.8, 4) is 0 Å². The molecule has 0 amide bonds. The van der Waals surface area contributed by atoms with E-state index in [2.05, 4.69) is 4.74 Å². The predicted octanol–water partition coefficient (Wildman–Crippen LogP) is 2.06. The lowest BCUT2D eigenvalue weighted by molar-refractivity contribution is -0.146. The zero-order chi connectivity index (χ0) is 8.85. The van der Waals surface area contributed by atoms with Crippen molar-refractivity contribution >= 4 is 5.97 Å². The largest absolute Gasteiger partial charge is 0.465 e. The highest BCUT2D eigenvalue weighted by Gasteiger charge is 2.17. The first-order valence-corrected chi connectivity index (χ1v) is 3.61. The molecule has 0 aromatic rings. The second-order valence-corrected chi connectivity index (χ2v) is 2.15. The Morgan fingerprint density at radius 2 is 2.27 bits per heavy atom. The molecule has 0 fully saturated rings. The molecule has 2 nitrogen and oxygen atoms in total. The first-order chi connectivity index (χ1) is 5.13. The van der Waals surface area contributed by atoms with Crippen molar-refractivity contribution in [2.24, 2.45) is 5.92 Å². The molecule has 0 bridgehead atoms. The Labute approximate surface area is 66.0 Å². The van der Waals surface area contributed by atoms with Crippen molar-refractivity contribution in [1.29, 1.82) is 0 Å². The zero-order valence-electron chi connectivity index (χ0n) is 7.06. The van der Waals surface area contributed by atoms with Crippen LogP contribution in [0.3, 0.4) is 0 Å². The minimum atomic E-state index is -0.764. The smallest absolute Gasteiger partial charge is 0.315 e. The van der Waals surface area contributed by atoms with Crippen LogP contribution in [0.2, 0.25) is 0 Å². The molecule has 0 N–H and O–H groups in total. The number of rotatable bonds is 3. The van der Waals surface area contributed by atoms with Crippen LogP contribution in [0.15, 0.2) is 11.9 Å². The molecule has 0 aliphatic heterocycles. The molecule has 11 heavy (non-hydrogen) atoms. The minimum Gasteiger partial charge on any atom is -0.465 e. The van der Waals surface area contributed by atoms with Crippen LogP contribution in [-0.2, 0) is 9.53 Å². The van der Waals surface area contributed by atoms with Gasteiger partial charge in [-0.15, -0.1) is 0 Å². The standard InChI is InChI=1S/C8H13FO2/c1-4-7(9)6(3)8(10)11-5-2/h4,6H,5H2,1-3H3/b7-4+. The molecule has 0 aliphatic rings. The number of carbonyl (C=O) groups excluding carboxylic acids is 1. The topological polar surface area (TPSA) is 26.3 Å². The molecule has 3 heteroatoms. The van der Waals surface area contributed by atoms with Crippen molar-refractivity contribution in [3.05, 3.63) is 11.9 Å². The van der Waals surface area contributed by atoms with E-state index >= 15 is 0 Å². The van der Waals surface area contributed by atoms with Crippen LogP contribution in [0.4, 0.5) is 4.39 Å². The number of esters is 1. The summed E-state index contributed by atoms with van der Waals surface area (Å²) in [6.07, 6.45) is 1.27. The molecule has 0 spiro atoms. The SMILES string of the molecule is C/C=C(/F)C(C)C(=O)OCC. The molecule has 0 rings (SSSR count). The lowest BCUT2D eigenvalue weighted by Gasteiger charge is -2.06. The van der Waals surface area contributed by atoms with Crippen LogP contribution in [-0.4, -0.2) is 12.6 Å². The molecule has 0 heterocycles. The molecule has 1 atom stereocenters. The first kappa shape index (κ1) is 10.1. The molecule has 0 aliphatic carbocycles. The number of carbonyl (C=O) groups is 1. The van der Waals surface area contributed by atoms with Gasteiger partial charge in [0.15, 0.2) is 0 Å². The summed E-state index contributed by atoms with van der Waals surface area (Å²) < 4.78 is 17.3. The van der Waals surface area contributed by atoms with Crippen molar-refractivity contribution < 1.29 is 13.9 Å². The third-order valence-electron chi connectivity index (χ3n) is 1.33. The summed E-state index contributed by atoms with van der Waals surface area (Å²) >= 11 is 0. The van der Waals surface area contributed by atoms with Crippen molar-refractivity contribution in [2.75, 3.05) is 6.61 Å². The molecule has 0 saturated carbocycles. The maximum Gasteiger partial charge on any atom is 0.315 e. The van der Waals surface area contributed by atoms with Gasteiger partial charge in [-0.25, -0.2) is 4.39 Å². The molecular weight excluding hydrogens is 147 g/mol. The summed E-state index contributed by atoms with van der Waals surface area (Å²) in [5.41, 5.74) is 0. The van der Waals surface area contributed by atoms with E-state index < -0.39 is 17.7 Å². The molecule has 0 radical (unpaired) electrons. The third kappa shape index (κ3) is 3.16. The zero-order valence-corrected chi connectivity index (χ0v) is 7.06. The van der Waals surface area contributed by atoms with Gasteiger partial charge in [0.2, 0.25) is 0 Å². The Morgan fingerprint density at radius 1 is 1.73 bits per heavy atom. The van der Waals surface area contributed by atoms with Crippen LogP contribution in [0.1, 0.15) is 20.8 Å². The second kappa shape index (κ2) is 4.88. The number of hydrogen-bond acceptors (Lipinski definition) is 2. The molecule has 1 unspecified atom stereocenters. The summed E-state index contributed by atoms with van der Waals surface area (Å²) in [4.78, 5) is 10.8. The average Bonchev–Trinajstić information content (AvgIpc) is 2.02. The van der Waals surface area contributed by atoms with Gasteiger partial charge < -0.3 is 4.74 Å². The van der Waals surface area contributed by atoms with Crippen LogP contribution >= 0.6 is 0 Å². The van der Waals surface area contributed by atoms with E-state index in [0.717, 1.165) is 0 Å². The van der Waals surface area contributed by atoms with Gasteiger partial charge in [0.1, 0.15) is 11.7 Å².